The Labute approximate surface area is 320 Å². The van der Waals surface area contributed by atoms with Gasteiger partial charge in [-0.3, -0.25) is 5.32 Å². The van der Waals surface area contributed by atoms with Crippen molar-refractivity contribution in [3.8, 4) is 5.69 Å². The zero-order valence-corrected chi connectivity index (χ0v) is 30.5. The fourth-order valence-electron chi connectivity index (χ4n) is 8.15. The van der Waals surface area contributed by atoms with Crippen molar-refractivity contribution in [1.82, 2.24) is 15.2 Å². The van der Waals surface area contributed by atoms with Gasteiger partial charge < -0.3 is 15.2 Å². The Bertz CT molecular complexity index is 2840. The van der Waals surface area contributed by atoms with Crippen molar-refractivity contribution in [3.05, 3.63) is 204 Å². The standard InChI is InChI=1S/C49H38N4S/c54-46-27-24-34-20-21-35-28-37(23-25-39(35)47(34)48(46)50-31-32-12-4-1-5-13-32)49-51-42(33-14-6-2-7-15-33)30-43(52-49)36-22-26-41-40-18-10-11-19-44(40)53(45(41)29-36)38-16-8-3-9-17-38/h1-30,43,49-52,54H,31H2. The number of hydrogen-bond donors (Lipinski definition) is 4. The molecule has 3 N–H and O–H groups in total. The van der Waals surface area contributed by atoms with Crippen LogP contribution in [0.2, 0.25) is 0 Å². The number of rotatable bonds is 7. The molecule has 4 nitrogen and oxygen atoms in total. The van der Waals surface area contributed by atoms with Gasteiger partial charge in [-0.05, 0) is 80.9 Å². The van der Waals surface area contributed by atoms with Crippen LogP contribution in [0, 0.1) is 0 Å². The lowest BCUT2D eigenvalue weighted by atomic mass is 9.95. The van der Waals surface area contributed by atoms with E-state index >= 15 is 0 Å². The minimum Gasteiger partial charge on any atom is -0.380 e. The first-order valence-corrected chi connectivity index (χ1v) is 19.0. The summed E-state index contributed by atoms with van der Waals surface area (Å²) in [6, 6.07) is 63.0. The highest BCUT2D eigenvalue weighted by atomic mass is 32.1. The molecule has 1 aliphatic heterocycles. The van der Waals surface area contributed by atoms with Gasteiger partial charge in [0.25, 0.3) is 0 Å². The molecule has 0 radical (unpaired) electrons. The largest absolute Gasteiger partial charge is 0.380 e. The summed E-state index contributed by atoms with van der Waals surface area (Å²) in [6.45, 7) is 0.728. The highest BCUT2D eigenvalue weighted by Crippen LogP contribution is 2.39. The summed E-state index contributed by atoms with van der Waals surface area (Å²) < 4.78 is 2.39. The molecule has 54 heavy (non-hydrogen) atoms. The third-order valence-electron chi connectivity index (χ3n) is 10.8. The Morgan fingerprint density at radius 1 is 0.574 bits per heavy atom. The summed E-state index contributed by atoms with van der Waals surface area (Å²) in [6.07, 6.45) is 2.20. The highest BCUT2D eigenvalue weighted by molar-refractivity contribution is 7.80. The first-order valence-electron chi connectivity index (χ1n) is 18.5. The van der Waals surface area contributed by atoms with Crippen molar-refractivity contribution in [2.75, 3.05) is 5.32 Å². The Morgan fingerprint density at radius 3 is 2.07 bits per heavy atom. The second-order valence-electron chi connectivity index (χ2n) is 14.1. The molecule has 0 spiro atoms. The summed E-state index contributed by atoms with van der Waals surface area (Å²) in [5, 5.41) is 18.8. The van der Waals surface area contributed by atoms with Gasteiger partial charge in [0.05, 0.1) is 22.8 Å². The molecule has 0 bridgehead atoms. The summed E-state index contributed by atoms with van der Waals surface area (Å²) >= 11 is 4.91. The van der Waals surface area contributed by atoms with Crippen molar-refractivity contribution in [3.63, 3.8) is 0 Å². The van der Waals surface area contributed by atoms with Gasteiger partial charge in [0.15, 0.2) is 0 Å². The highest BCUT2D eigenvalue weighted by Gasteiger charge is 2.26. The number of anilines is 1. The Kier molecular flexibility index (Phi) is 8.16. The van der Waals surface area contributed by atoms with Gasteiger partial charge in [-0.25, -0.2) is 0 Å². The van der Waals surface area contributed by atoms with Crippen LogP contribution in [-0.4, -0.2) is 4.57 Å². The van der Waals surface area contributed by atoms with E-state index in [1.54, 1.807) is 0 Å². The molecule has 8 aromatic carbocycles. The summed E-state index contributed by atoms with van der Waals surface area (Å²) in [5.41, 5.74) is 10.5. The Balaban J connectivity index is 1.06. The maximum Gasteiger partial charge on any atom is 0.104 e. The number of para-hydroxylation sites is 2. The van der Waals surface area contributed by atoms with Crippen LogP contribution in [0.1, 0.15) is 34.5 Å². The smallest absolute Gasteiger partial charge is 0.104 e. The van der Waals surface area contributed by atoms with Crippen LogP contribution in [0.25, 0.3) is 54.7 Å². The lowest BCUT2D eigenvalue weighted by molar-refractivity contribution is 0.443. The topological polar surface area (TPSA) is 41.0 Å². The van der Waals surface area contributed by atoms with Gasteiger partial charge in [-0.1, -0.05) is 140 Å². The Morgan fingerprint density at radius 2 is 1.24 bits per heavy atom. The maximum absolute atomic E-state index is 4.91. The van der Waals surface area contributed by atoms with E-state index in [9.17, 15) is 0 Å². The molecular weight excluding hydrogens is 677 g/mol. The zero-order chi connectivity index (χ0) is 36.0. The quantitative estimate of drug-likeness (QED) is 0.0981. The van der Waals surface area contributed by atoms with Crippen LogP contribution in [0.3, 0.4) is 0 Å². The number of fused-ring (bicyclic) bond motifs is 6. The van der Waals surface area contributed by atoms with Gasteiger partial charge in [0, 0.05) is 39.0 Å². The third kappa shape index (κ3) is 5.79. The van der Waals surface area contributed by atoms with Crippen LogP contribution in [0.15, 0.2) is 187 Å². The average Bonchev–Trinajstić information content (AvgIpc) is 3.57. The number of aromatic nitrogens is 1. The molecule has 260 valence electrons. The molecular formula is C49H38N4S. The molecule has 0 amide bonds. The zero-order valence-electron chi connectivity index (χ0n) is 29.6. The molecule has 0 aliphatic carbocycles. The fourth-order valence-corrected chi connectivity index (χ4v) is 8.42. The van der Waals surface area contributed by atoms with Crippen LogP contribution in [0.4, 0.5) is 5.69 Å². The van der Waals surface area contributed by atoms with Gasteiger partial charge in [0.1, 0.15) is 6.17 Å². The number of benzene rings is 8. The van der Waals surface area contributed by atoms with Crippen molar-refractivity contribution >= 4 is 67.4 Å². The minimum absolute atomic E-state index is 0.0362. The molecule has 9 aromatic rings. The molecule has 1 aliphatic rings. The van der Waals surface area contributed by atoms with E-state index < -0.39 is 0 Å². The van der Waals surface area contributed by atoms with Crippen LogP contribution < -0.4 is 16.0 Å². The first-order chi connectivity index (χ1) is 26.7. The SMILES string of the molecule is Sc1ccc2ccc3cc(C4NC(c5ccccc5)=CC(c5ccc6c7ccccc7n(-c7ccccc7)c6c5)N4)ccc3c2c1NCc1ccccc1. The number of hydrogen-bond acceptors (Lipinski definition) is 4. The molecule has 5 heteroatoms. The van der Waals surface area contributed by atoms with Crippen molar-refractivity contribution in [2.45, 2.75) is 23.6 Å². The van der Waals surface area contributed by atoms with E-state index in [4.69, 9.17) is 12.6 Å². The molecule has 10 rings (SSSR count). The van der Waals surface area contributed by atoms with E-state index in [-0.39, 0.29) is 12.2 Å². The molecule has 1 aromatic heterocycles. The monoisotopic (exact) mass is 714 g/mol. The second kappa shape index (κ2) is 13.6. The summed E-state index contributed by atoms with van der Waals surface area (Å²) in [5.74, 6) is 0. The Hall–Kier alpha value is -6.27. The van der Waals surface area contributed by atoms with E-state index in [2.05, 4.69) is 203 Å². The average molecular weight is 715 g/mol. The summed E-state index contributed by atoms with van der Waals surface area (Å²) in [4.78, 5) is 0.939. The van der Waals surface area contributed by atoms with Gasteiger partial charge in [-0.15, -0.1) is 12.6 Å². The van der Waals surface area contributed by atoms with Crippen LogP contribution in [-0.2, 0) is 6.54 Å². The molecule has 2 heterocycles. The third-order valence-corrected chi connectivity index (χ3v) is 11.2. The molecule has 0 fully saturated rings. The molecule has 2 unspecified atom stereocenters. The predicted octanol–water partition coefficient (Wildman–Crippen LogP) is 12.0. The number of thiol groups is 1. The second-order valence-corrected chi connectivity index (χ2v) is 14.6. The van der Waals surface area contributed by atoms with Crippen LogP contribution >= 0.6 is 12.6 Å². The van der Waals surface area contributed by atoms with Crippen LogP contribution in [0.5, 0.6) is 0 Å². The van der Waals surface area contributed by atoms with E-state index in [0.717, 1.165) is 34.1 Å². The normalized spacial score (nSPS) is 15.8. The molecule has 0 saturated heterocycles. The van der Waals surface area contributed by atoms with Gasteiger partial charge >= 0.3 is 0 Å². The van der Waals surface area contributed by atoms with Crippen molar-refractivity contribution in [1.29, 1.82) is 0 Å². The minimum atomic E-state index is -0.127. The van der Waals surface area contributed by atoms with Gasteiger partial charge in [0.2, 0.25) is 0 Å². The fraction of sp³-hybridized carbons (Fsp3) is 0.0612. The number of nitrogens with zero attached hydrogens (tertiary/aromatic N) is 1. The first kappa shape index (κ1) is 32.4. The van der Waals surface area contributed by atoms with E-state index in [0.29, 0.717) is 0 Å². The van der Waals surface area contributed by atoms with Crippen molar-refractivity contribution in [2.24, 2.45) is 0 Å². The maximum atomic E-state index is 4.91. The lowest BCUT2D eigenvalue weighted by Gasteiger charge is -2.33. The van der Waals surface area contributed by atoms with Gasteiger partial charge in [-0.2, -0.15) is 0 Å². The van der Waals surface area contributed by atoms with Crippen molar-refractivity contribution < 1.29 is 0 Å². The van der Waals surface area contributed by atoms with E-state index in [1.807, 2.05) is 0 Å². The van der Waals surface area contributed by atoms with E-state index in [1.165, 1.54) is 60.0 Å². The molecule has 2 atom stereocenters. The predicted molar refractivity (Wildman–Crippen MR) is 229 cm³/mol. The lowest BCUT2D eigenvalue weighted by Crippen LogP contribution is -2.39. The summed E-state index contributed by atoms with van der Waals surface area (Å²) in [7, 11) is 0. The molecule has 0 saturated carbocycles. The number of nitrogens with one attached hydrogen (secondary N) is 3.